The molecule has 1 N–H and O–H groups in total. The van der Waals surface area contributed by atoms with Crippen LogP contribution in [0.3, 0.4) is 0 Å². The quantitative estimate of drug-likeness (QED) is 0.835. The van der Waals surface area contributed by atoms with E-state index in [4.69, 9.17) is 0 Å². The zero-order valence-electron chi connectivity index (χ0n) is 13.1. The lowest BCUT2D eigenvalue weighted by Gasteiger charge is -2.26. The van der Waals surface area contributed by atoms with Gasteiger partial charge in [-0.3, -0.25) is 4.79 Å². The van der Waals surface area contributed by atoms with Crippen LogP contribution >= 0.6 is 0 Å². The summed E-state index contributed by atoms with van der Waals surface area (Å²) in [5.74, 6) is -0.0489. The van der Waals surface area contributed by atoms with Crippen LogP contribution in [0, 0.1) is 6.92 Å². The second-order valence-corrected chi connectivity index (χ2v) is 7.00. The zero-order valence-corrected chi connectivity index (χ0v) is 14.0. The summed E-state index contributed by atoms with van der Waals surface area (Å²) in [5.41, 5.74) is 3.00. The maximum Gasteiger partial charge on any atom is 0.223 e. The van der Waals surface area contributed by atoms with E-state index in [1.807, 2.05) is 32.0 Å². The van der Waals surface area contributed by atoms with Gasteiger partial charge in [-0.2, -0.15) is 0 Å². The summed E-state index contributed by atoms with van der Waals surface area (Å²) in [6, 6.07) is 5.92. The standard InChI is InChI=1S/C15H24N2O3S/c1-5-14-9-7-8-12(3)15(14)17(13(4)18)11-10-16-21(19,20)6-2/h7-9,16H,5-6,10-11H2,1-4H3. The summed E-state index contributed by atoms with van der Waals surface area (Å²) in [6.45, 7) is 7.62. The van der Waals surface area contributed by atoms with Crippen molar-refractivity contribution in [2.75, 3.05) is 23.7 Å². The smallest absolute Gasteiger partial charge is 0.223 e. The molecule has 0 fully saturated rings. The van der Waals surface area contributed by atoms with Gasteiger partial charge in [0.15, 0.2) is 0 Å². The number of rotatable bonds is 7. The summed E-state index contributed by atoms with van der Waals surface area (Å²) in [5, 5.41) is 0. The molecule has 0 bridgehead atoms. The topological polar surface area (TPSA) is 66.5 Å². The van der Waals surface area contributed by atoms with Gasteiger partial charge in [0, 0.05) is 25.7 Å². The SMILES string of the molecule is CCc1cccc(C)c1N(CCNS(=O)(=O)CC)C(C)=O. The van der Waals surface area contributed by atoms with Gasteiger partial charge in [-0.25, -0.2) is 13.1 Å². The molecule has 5 nitrogen and oxygen atoms in total. The first-order valence-corrected chi connectivity index (χ1v) is 8.81. The van der Waals surface area contributed by atoms with Crippen LogP contribution < -0.4 is 9.62 Å². The van der Waals surface area contributed by atoms with E-state index in [-0.39, 0.29) is 18.2 Å². The van der Waals surface area contributed by atoms with Crippen molar-refractivity contribution in [1.29, 1.82) is 0 Å². The molecule has 0 spiro atoms. The number of carbonyl (C=O) groups is 1. The van der Waals surface area contributed by atoms with Crippen LogP contribution in [-0.2, 0) is 21.2 Å². The molecule has 1 amide bonds. The first-order valence-electron chi connectivity index (χ1n) is 7.16. The first-order chi connectivity index (χ1) is 9.82. The number of nitrogens with zero attached hydrogens (tertiary/aromatic N) is 1. The van der Waals surface area contributed by atoms with Gasteiger partial charge in [0.05, 0.1) is 5.75 Å². The third-order valence-electron chi connectivity index (χ3n) is 3.39. The van der Waals surface area contributed by atoms with Gasteiger partial charge in [0.25, 0.3) is 0 Å². The first kappa shape index (κ1) is 17.7. The molecule has 0 saturated heterocycles. The van der Waals surface area contributed by atoms with Crippen molar-refractivity contribution in [2.24, 2.45) is 0 Å². The Hall–Kier alpha value is -1.40. The molecule has 0 saturated carbocycles. The van der Waals surface area contributed by atoms with Crippen LogP contribution in [-0.4, -0.2) is 33.2 Å². The average Bonchev–Trinajstić information content (AvgIpc) is 2.43. The summed E-state index contributed by atoms with van der Waals surface area (Å²) in [6.07, 6.45) is 0.821. The molecule has 0 radical (unpaired) electrons. The lowest BCUT2D eigenvalue weighted by Crippen LogP contribution is -2.38. The largest absolute Gasteiger partial charge is 0.311 e. The minimum atomic E-state index is -3.24. The van der Waals surface area contributed by atoms with Crippen LogP contribution in [0.15, 0.2) is 18.2 Å². The highest BCUT2D eigenvalue weighted by Gasteiger charge is 2.17. The maximum absolute atomic E-state index is 11.9. The number of hydrogen-bond acceptors (Lipinski definition) is 3. The Kier molecular flexibility index (Phi) is 6.36. The fourth-order valence-electron chi connectivity index (χ4n) is 2.23. The highest BCUT2D eigenvalue weighted by Crippen LogP contribution is 2.25. The van der Waals surface area contributed by atoms with E-state index in [0.717, 1.165) is 23.2 Å². The Morgan fingerprint density at radius 1 is 1.29 bits per heavy atom. The monoisotopic (exact) mass is 312 g/mol. The fraction of sp³-hybridized carbons (Fsp3) is 0.533. The molecule has 1 aromatic rings. The number of carbonyl (C=O) groups excluding carboxylic acids is 1. The Morgan fingerprint density at radius 2 is 1.95 bits per heavy atom. The Morgan fingerprint density at radius 3 is 2.48 bits per heavy atom. The van der Waals surface area contributed by atoms with Crippen LogP contribution in [0.2, 0.25) is 0 Å². The van der Waals surface area contributed by atoms with Gasteiger partial charge < -0.3 is 4.90 Å². The summed E-state index contributed by atoms with van der Waals surface area (Å²) in [7, 11) is -3.24. The molecule has 6 heteroatoms. The van der Waals surface area contributed by atoms with E-state index in [0.29, 0.717) is 6.54 Å². The van der Waals surface area contributed by atoms with E-state index < -0.39 is 10.0 Å². The molecule has 0 unspecified atom stereocenters. The third-order valence-corrected chi connectivity index (χ3v) is 4.79. The molecular formula is C15H24N2O3S. The van der Waals surface area contributed by atoms with Crippen LogP contribution in [0.4, 0.5) is 5.69 Å². The lowest BCUT2D eigenvalue weighted by atomic mass is 10.0. The number of anilines is 1. The Labute approximate surface area is 127 Å². The second-order valence-electron chi connectivity index (χ2n) is 4.90. The average molecular weight is 312 g/mol. The number of para-hydroxylation sites is 1. The van der Waals surface area contributed by atoms with E-state index >= 15 is 0 Å². The molecule has 0 aliphatic heterocycles. The minimum absolute atomic E-state index is 0.0393. The van der Waals surface area contributed by atoms with Gasteiger partial charge in [-0.15, -0.1) is 0 Å². The fourth-order valence-corrected chi connectivity index (χ4v) is 2.84. The van der Waals surface area contributed by atoms with Gasteiger partial charge in [-0.05, 0) is 31.4 Å². The molecule has 0 heterocycles. The predicted molar refractivity (Wildman–Crippen MR) is 86.0 cm³/mol. The van der Waals surface area contributed by atoms with Crippen LogP contribution in [0.25, 0.3) is 0 Å². The van der Waals surface area contributed by atoms with Crippen LogP contribution in [0.1, 0.15) is 31.9 Å². The van der Waals surface area contributed by atoms with Crippen molar-refractivity contribution >= 4 is 21.6 Å². The number of nitrogens with one attached hydrogen (secondary N) is 1. The normalized spacial score (nSPS) is 11.4. The molecule has 1 rings (SSSR count). The van der Waals surface area contributed by atoms with Crippen molar-refractivity contribution in [2.45, 2.75) is 34.1 Å². The number of benzene rings is 1. The molecule has 21 heavy (non-hydrogen) atoms. The van der Waals surface area contributed by atoms with Crippen molar-refractivity contribution in [3.05, 3.63) is 29.3 Å². The van der Waals surface area contributed by atoms with Crippen molar-refractivity contribution < 1.29 is 13.2 Å². The minimum Gasteiger partial charge on any atom is -0.311 e. The lowest BCUT2D eigenvalue weighted by molar-refractivity contribution is -0.116. The molecule has 1 aromatic carbocycles. The maximum atomic E-state index is 11.9. The second kappa shape index (κ2) is 7.56. The van der Waals surface area contributed by atoms with E-state index in [9.17, 15) is 13.2 Å². The molecule has 118 valence electrons. The van der Waals surface area contributed by atoms with Crippen molar-refractivity contribution in [3.8, 4) is 0 Å². The number of sulfonamides is 1. The van der Waals surface area contributed by atoms with E-state index in [2.05, 4.69) is 4.72 Å². The number of aryl methyl sites for hydroxylation is 2. The molecule has 0 aromatic heterocycles. The van der Waals surface area contributed by atoms with Gasteiger partial charge in [0.1, 0.15) is 0 Å². The summed E-state index contributed by atoms with van der Waals surface area (Å²) < 4.78 is 25.4. The predicted octanol–water partition coefficient (Wildman–Crippen LogP) is 1.85. The molecule has 0 atom stereocenters. The molecular weight excluding hydrogens is 288 g/mol. The van der Waals surface area contributed by atoms with E-state index in [1.165, 1.54) is 6.92 Å². The summed E-state index contributed by atoms with van der Waals surface area (Å²) >= 11 is 0. The third kappa shape index (κ3) is 4.82. The van der Waals surface area contributed by atoms with Gasteiger partial charge in [0.2, 0.25) is 15.9 Å². The summed E-state index contributed by atoms with van der Waals surface area (Å²) in [4.78, 5) is 13.6. The number of amides is 1. The Bertz CT molecular complexity index is 597. The van der Waals surface area contributed by atoms with Crippen molar-refractivity contribution in [1.82, 2.24) is 4.72 Å². The molecule has 0 aliphatic rings. The van der Waals surface area contributed by atoms with Crippen LogP contribution in [0.5, 0.6) is 0 Å². The highest BCUT2D eigenvalue weighted by molar-refractivity contribution is 7.89. The Balaban J connectivity index is 2.96. The van der Waals surface area contributed by atoms with Gasteiger partial charge in [-0.1, -0.05) is 25.1 Å². The number of hydrogen-bond donors (Lipinski definition) is 1. The highest BCUT2D eigenvalue weighted by atomic mass is 32.2. The van der Waals surface area contributed by atoms with Crippen molar-refractivity contribution in [3.63, 3.8) is 0 Å². The zero-order chi connectivity index (χ0) is 16.0. The van der Waals surface area contributed by atoms with E-state index in [1.54, 1.807) is 11.8 Å². The van der Waals surface area contributed by atoms with Gasteiger partial charge >= 0.3 is 0 Å². The molecule has 0 aliphatic carbocycles.